The quantitative estimate of drug-likeness (QED) is 0.842. The average Bonchev–Trinajstić information content (AvgIpc) is 2.52. The van der Waals surface area contributed by atoms with Crippen LogP contribution in [0.2, 0.25) is 0 Å². The van der Waals surface area contributed by atoms with Crippen LogP contribution in [0.5, 0.6) is 0 Å². The van der Waals surface area contributed by atoms with Gasteiger partial charge in [-0.15, -0.1) is 0 Å². The Hall–Kier alpha value is -1.71. The minimum Gasteiger partial charge on any atom is -0.310 e. The largest absolute Gasteiger partial charge is 0.310 e. The van der Waals surface area contributed by atoms with Gasteiger partial charge in [0.05, 0.1) is 5.69 Å². The SMILES string of the molecule is c1ccc(CNCCN2CCc3ccccc3C2)nc1. The lowest BCUT2D eigenvalue weighted by Crippen LogP contribution is -2.36. The Morgan fingerprint density at radius 2 is 1.90 bits per heavy atom. The van der Waals surface area contributed by atoms with Crippen molar-refractivity contribution >= 4 is 0 Å². The van der Waals surface area contributed by atoms with Crippen LogP contribution in [0.3, 0.4) is 0 Å². The molecule has 1 N–H and O–H groups in total. The highest BCUT2D eigenvalue weighted by Crippen LogP contribution is 2.17. The minimum absolute atomic E-state index is 0.852. The maximum absolute atomic E-state index is 4.32. The van der Waals surface area contributed by atoms with Crippen molar-refractivity contribution in [2.45, 2.75) is 19.5 Å². The molecule has 3 nitrogen and oxygen atoms in total. The number of benzene rings is 1. The molecule has 1 aliphatic heterocycles. The standard InChI is InChI=1S/C17H21N3/c1-2-6-16-14-20(11-8-15(16)5-1)12-10-18-13-17-7-3-4-9-19-17/h1-7,9,18H,8,10-14H2. The van der Waals surface area contributed by atoms with Crippen LogP contribution >= 0.6 is 0 Å². The molecule has 20 heavy (non-hydrogen) atoms. The first kappa shape index (κ1) is 13.3. The van der Waals surface area contributed by atoms with E-state index in [0.29, 0.717) is 0 Å². The van der Waals surface area contributed by atoms with Crippen molar-refractivity contribution < 1.29 is 0 Å². The van der Waals surface area contributed by atoms with Crippen molar-refractivity contribution in [2.24, 2.45) is 0 Å². The number of nitrogens with one attached hydrogen (secondary N) is 1. The Balaban J connectivity index is 1.42. The molecule has 0 bridgehead atoms. The molecule has 1 aromatic heterocycles. The second-order valence-electron chi connectivity index (χ2n) is 5.29. The Morgan fingerprint density at radius 3 is 2.75 bits per heavy atom. The first-order chi connectivity index (χ1) is 9.92. The van der Waals surface area contributed by atoms with E-state index in [9.17, 15) is 0 Å². The van der Waals surface area contributed by atoms with Gasteiger partial charge in [0.25, 0.3) is 0 Å². The third kappa shape index (κ3) is 3.44. The third-order valence-corrected chi connectivity index (χ3v) is 3.85. The molecule has 2 heterocycles. The molecule has 0 saturated carbocycles. The smallest absolute Gasteiger partial charge is 0.0541 e. The highest BCUT2D eigenvalue weighted by molar-refractivity contribution is 5.29. The highest BCUT2D eigenvalue weighted by atomic mass is 15.1. The van der Waals surface area contributed by atoms with Gasteiger partial charge in [-0.2, -0.15) is 0 Å². The molecule has 2 aromatic rings. The van der Waals surface area contributed by atoms with Crippen LogP contribution in [0.25, 0.3) is 0 Å². The van der Waals surface area contributed by atoms with Gasteiger partial charge in [0.2, 0.25) is 0 Å². The Bertz CT molecular complexity index is 539. The summed E-state index contributed by atoms with van der Waals surface area (Å²) in [5, 5.41) is 3.47. The second kappa shape index (κ2) is 6.64. The van der Waals surface area contributed by atoms with E-state index in [1.165, 1.54) is 24.1 Å². The number of pyridine rings is 1. The molecule has 0 radical (unpaired) electrons. The van der Waals surface area contributed by atoms with Crippen molar-refractivity contribution in [3.8, 4) is 0 Å². The predicted octanol–water partition coefficient (Wildman–Crippen LogP) is 2.23. The van der Waals surface area contributed by atoms with Gasteiger partial charge in [-0.3, -0.25) is 9.88 Å². The van der Waals surface area contributed by atoms with Crippen molar-refractivity contribution in [3.63, 3.8) is 0 Å². The molecule has 3 heteroatoms. The first-order valence-electron chi connectivity index (χ1n) is 7.31. The zero-order valence-corrected chi connectivity index (χ0v) is 11.8. The van der Waals surface area contributed by atoms with Crippen LogP contribution in [0, 0.1) is 0 Å². The predicted molar refractivity (Wildman–Crippen MR) is 81.4 cm³/mol. The van der Waals surface area contributed by atoms with Crippen LogP contribution in [-0.2, 0) is 19.5 Å². The second-order valence-corrected chi connectivity index (χ2v) is 5.29. The molecular weight excluding hydrogens is 246 g/mol. The highest BCUT2D eigenvalue weighted by Gasteiger charge is 2.14. The number of hydrogen-bond donors (Lipinski definition) is 1. The van der Waals surface area contributed by atoms with Crippen molar-refractivity contribution in [1.82, 2.24) is 15.2 Å². The summed E-state index contributed by atoms with van der Waals surface area (Å²) in [5.74, 6) is 0. The number of fused-ring (bicyclic) bond motifs is 1. The van der Waals surface area contributed by atoms with E-state index in [0.717, 1.165) is 31.9 Å². The average molecular weight is 267 g/mol. The van der Waals surface area contributed by atoms with Gasteiger partial charge in [-0.25, -0.2) is 0 Å². The van der Waals surface area contributed by atoms with Crippen molar-refractivity contribution in [2.75, 3.05) is 19.6 Å². The molecule has 0 unspecified atom stereocenters. The fourth-order valence-corrected chi connectivity index (χ4v) is 2.70. The van der Waals surface area contributed by atoms with Crippen LogP contribution in [0.4, 0.5) is 0 Å². The number of hydrogen-bond acceptors (Lipinski definition) is 3. The summed E-state index contributed by atoms with van der Waals surface area (Å²) in [5.41, 5.74) is 4.12. The van der Waals surface area contributed by atoms with Crippen molar-refractivity contribution in [3.05, 3.63) is 65.5 Å². The zero-order chi connectivity index (χ0) is 13.6. The summed E-state index contributed by atoms with van der Waals surface area (Å²) in [4.78, 5) is 6.84. The maximum Gasteiger partial charge on any atom is 0.0541 e. The molecular formula is C17H21N3. The van der Waals surface area contributed by atoms with Gasteiger partial charge in [0.15, 0.2) is 0 Å². The Labute approximate surface area is 120 Å². The molecule has 0 atom stereocenters. The van der Waals surface area contributed by atoms with E-state index in [2.05, 4.69) is 45.5 Å². The van der Waals surface area contributed by atoms with E-state index >= 15 is 0 Å². The summed E-state index contributed by atoms with van der Waals surface area (Å²) in [6, 6.07) is 14.8. The van der Waals surface area contributed by atoms with Gasteiger partial charge in [0, 0.05) is 38.9 Å². The molecule has 0 fully saturated rings. The van der Waals surface area contributed by atoms with E-state index in [1.807, 2.05) is 18.3 Å². The molecule has 3 rings (SSSR count). The Morgan fingerprint density at radius 1 is 1.05 bits per heavy atom. The maximum atomic E-state index is 4.32. The lowest BCUT2D eigenvalue weighted by Gasteiger charge is -2.28. The first-order valence-corrected chi connectivity index (χ1v) is 7.31. The van der Waals surface area contributed by atoms with Gasteiger partial charge >= 0.3 is 0 Å². The van der Waals surface area contributed by atoms with Crippen LogP contribution in [0.15, 0.2) is 48.7 Å². The number of aromatic nitrogens is 1. The molecule has 0 amide bonds. The fourth-order valence-electron chi connectivity index (χ4n) is 2.70. The van der Waals surface area contributed by atoms with Gasteiger partial charge < -0.3 is 5.32 Å². The van der Waals surface area contributed by atoms with Crippen LogP contribution in [-0.4, -0.2) is 29.5 Å². The normalized spacial score (nSPS) is 15.0. The number of nitrogens with zero attached hydrogens (tertiary/aromatic N) is 2. The lowest BCUT2D eigenvalue weighted by atomic mass is 10.00. The van der Waals surface area contributed by atoms with E-state index in [1.54, 1.807) is 0 Å². The van der Waals surface area contributed by atoms with E-state index in [4.69, 9.17) is 0 Å². The zero-order valence-electron chi connectivity index (χ0n) is 11.8. The summed E-state index contributed by atoms with van der Waals surface area (Å²) >= 11 is 0. The molecule has 0 saturated heterocycles. The Kier molecular flexibility index (Phi) is 4.41. The molecule has 1 aliphatic rings. The van der Waals surface area contributed by atoms with Crippen LogP contribution in [0.1, 0.15) is 16.8 Å². The lowest BCUT2D eigenvalue weighted by molar-refractivity contribution is 0.253. The monoisotopic (exact) mass is 267 g/mol. The molecule has 1 aromatic carbocycles. The van der Waals surface area contributed by atoms with Crippen LogP contribution < -0.4 is 5.32 Å². The summed E-state index contributed by atoms with van der Waals surface area (Å²) in [7, 11) is 0. The van der Waals surface area contributed by atoms with E-state index in [-0.39, 0.29) is 0 Å². The summed E-state index contributed by atoms with van der Waals surface area (Å²) in [6.45, 7) is 5.22. The van der Waals surface area contributed by atoms with E-state index < -0.39 is 0 Å². The summed E-state index contributed by atoms with van der Waals surface area (Å²) in [6.07, 6.45) is 3.02. The minimum atomic E-state index is 0.852. The van der Waals surface area contributed by atoms with Gasteiger partial charge in [-0.05, 0) is 29.7 Å². The van der Waals surface area contributed by atoms with Gasteiger partial charge in [-0.1, -0.05) is 30.3 Å². The fraction of sp³-hybridized carbons (Fsp3) is 0.353. The number of rotatable bonds is 5. The molecule has 104 valence electrons. The summed E-state index contributed by atoms with van der Waals surface area (Å²) < 4.78 is 0. The molecule has 0 spiro atoms. The van der Waals surface area contributed by atoms with Crippen molar-refractivity contribution in [1.29, 1.82) is 0 Å². The topological polar surface area (TPSA) is 28.2 Å². The molecule has 0 aliphatic carbocycles. The third-order valence-electron chi connectivity index (χ3n) is 3.85. The van der Waals surface area contributed by atoms with Gasteiger partial charge in [0.1, 0.15) is 0 Å².